The number of hydrogen-bond donors (Lipinski definition) is 2. The molecule has 1 unspecified atom stereocenters. The molecule has 2 N–H and O–H groups in total. The maximum absolute atomic E-state index is 10.4. The summed E-state index contributed by atoms with van der Waals surface area (Å²) in [6.07, 6.45) is 0. The van der Waals surface area contributed by atoms with Crippen LogP contribution in [0.3, 0.4) is 0 Å². The lowest BCUT2D eigenvalue weighted by Gasteiger charge is -2.04. The van der Waals surface area contributed by atoms with Gasteiger partial charge in [0.15, 0.2) is 0 Å². The van der Waals surface area contributed by atoms with Gasteiger partial charge in [-0.2, -0.15) is 0 Å². The Morgan fingerprint density at radius 3 is 2.60 bits per heavy atom. The third-order valence-electron chi connectivity index (χ3n) is 0.476. The van der Waals surface area contributed by atoms with Crippen LogP contribution in [0.1, 0.15) is 0 Å². The average molecular weight is 204 g/mol. The largest absolute Gasteiger partial charge is 0.385 e. The van der Waals surface area contributed by atoms with Crippen LogP contribution in [-0.2, 0) is 9.09 Å². The van der Waals surface area contributed by atoms with Crippen molar-refractivity contribution >= 4 is 29.2 Å². The first kappa shape index (κ1) is 10.8. The summed E-state index contributed by atoms with van der Waals surface area (Å²) in [5.41, 5.74) is 0. The Bertz CT molecular complexity index is 124. The summed E-state index contributed by atoms with van der Waals surface area (Å²) in [6, 6.07) is 0. The highest BCUT2D eigenvalue weighted by Gasteiger charge is 2.08. The molecule has 7 heteroatoms. The Hall–Kier alpha value is 0.810. The van der Waals surface area contributed by atoms with Crippen LogP contribution in [0.15, 0.2) is 0 Å². The molecular weight excluding hydrogens is 195 g/mol. The highest BCUT2D eigenvalue weighted by Crippen LogP contribution is 2.38. The Balaban J connectivity index is 3.13. The minimum absolute atomic E-state index is 0.0204. The Morgan fingerprint density at radius 1 is 1.60 bits per heavy atom. The average Bonchev–Trinajstić information content (AvgIpc) is 1.78. The normalized spacial score (nSPS) is 16.7. The molecule has 0 fully saturated rings. The fraction of sp³-hybridized carbons (Fsp3) is 1.00. The highest BCUT2D eigenvalue weighted by molar-refractivity contribution is 8.76. The number of rotatable bonds is 5. The van der Waals surface area contributed by atoms with Gasteiger partial charge in [0.1, 0.15) is 5.94 Å². The summed E-state index contributed by atoms with van der Waals surface area (Å²) in [5, 5.41) is 8.25. The molecule has 0 amide bonds. The minimum atomic E-state index is -3.32. The highest BCUT2D eigenvalue weighted by atomic mass is 33.1. The number of aliphatic hydroxyl groups excluding tert-OH is 1. The van der Waals surface area contributed by atoms with E-state index in [9.17, 15) is 4.57 Å². The van der Waals surface area contributed by atoms with Gasteiger partial charge in [-0.05, 0) is 0 Å². The molecule has 0 bridgehead atoms. The Morgan fingerprint density at radius 2 is 2.20 bits per heavy atom. The van der Waals surface area contributed by atoms with Gasteiger partial charge in [0.05, 0.1) is 5.94 Å². The Kier molecular flexibility index (Phi) is 5.90. The van der Waals surface area contributed by atoms with Gasteiger partial charge in [-0.3, -0.25) is 9.09 Å². The molecular formula is C3H9O4PS2. The molecule has 0 aliphatic rings. The topological polar surface area (TPSA) is 66.8 Å². The second kappa shape index (κ2) is 5.46. The predicted molar refractivity (Wildman–Crippen MR) is 44.0 cm³/mol. The van der Waals surface area contributed by atoms with Crippen molar-refractivity contribution in [3.05, 3.63) is 0 Å². The second-order valence-corrected chi connectivity index (χ2v) is 5.66. The van der Waals surface area contributed by atoms with Gasteiger partial charge in [-0.1, -0.05) is 21.6 Å². The zero-order chi connectivity index (χ0) is 8.04. The smallest absolute Gasteiger partial charge is 0.325 e. The van der Waals surface area contributed by atoms with Crippen LogP contribution in [0.5, 0.6) is 0 Å². The summed E-state index contributed by atoms with van der Waals surface area (Å²) in [4.78, 5) is 8.57. The van der Waals surface area contributed by atoms with E-state index < -0.39 is 7.60 Å². The van der Waals surface area contributed by atoms with Gasteiger partial charge in [-0.25, -0.2) is 0 Å². The maximum atomic E-state index is 10.4. The van der Waals surface area contributed by atoms with Crippen molar-refractivity contribution in [1.29, 1.82) is 0 Å². The fourth-order valence-electron chi connectivity index (χ4n) is 0.191. The summed E-state index contributed by atoms with van der Waals surface area (Å²) >= 11 is 0. The first-order chi connectivity index (χ1) is 4.56. The molecule has 0 spiro atoms. The molecule has 0 heterocycles. The van der Waals surface area contributed by atoms with Crippen molar-refractivity contribution in [1.82, 2.24) is 0 Å². The van der Waals surface area contributed by atoms with Crippen LogP contribution < -0.4 is 0 Å². The number of aliphatic hydroxyl groups is 1. The predicted octanol–water partition coefficient (Wildman–Crippen LogP) is 1.11. The third-order valence-corrected chi connectivity index (χ3v) is 2.85. The van der Waals surface area contributed by atoms with E-state index in [-0.39, 0.29) is 11.9 Å². The molecule has 0 aromatic rings. The van der Waals surface area contributed by atoms with E-state index in [2.05, 4.69) is 4.52 Å². The fourth-order valence-corrected chi connectivity index (χ4v) is 2.10. The Labute approximate surface area is 67.3 Å². The molecule has 0 radical (unpaired) electrons. The van der Waals surface area contributed by atoms with E-state index in [0.29, 0.717) is 0 Å². The summed E-state index contributed by atoms with van der Waals surface area (Å²) in [6.45, 7) is 1.12. The van der Waals surface area contributed by atoms with Crippen LogP contribution in [0.2, 0.25) is 0 Å². The molecule has 0 aliphatic heterocycles. The van der Waals surface area contributed by atoms with E-state index in [1.807, 2.05) is 0 Å². The van der Waals surface area contributed by atoms with Crippen molar-refractivity contribution in [3.63, 3.8) is 0 Å². The summed E-state index contributed by atoms with van der Waals surface area (Å²) in [5.74, 6) is 0.100. The molecule has 0 saturated carbocycles. The monoisotopic (exact) mass is 204 g/mol. The summed E-state index contributed by atoms with van der Waals surface area (Å²) < 4.78 is 14.9. The van der Waals surface area contributed by atoms with Crippen molar-refractivity contribution in [2.24, 2.45) is 0 Å². The van der Waals surface area contributed by atoms with E-state index in [1.165, 1.54) is 10.8 Å². The summed E-state index contributed by atoms with van der Waals surface area (Å²) in [7, 11) is -0.966. The van der Waals surface area contributed by atoms with Crippen molar-refractivity contribution < 1.29 is 19.1 Å². The number of hydrogen-bond acceptors (Lipinski definition) is 5. The van der Waals surface area contributed by atoms with Crippen molar-refractivity contribution in [2.75, 3.05) is 18.5 Å². The third kappa shape index (κ3) is 8.81. The van der Waals surface area contributed by atoms with E-state index in [0.717, 1.165) is 17.5 Å². The van der Waals surface area contributed by atoms with Crippen LogP contribution >= 0.6 is 29.2 Å². The second-order valence-electron chi connectivity index (χ2n) is 1.41. The first-order valence-corrected chi connectivity index (χ1v) is 6.87. The van der Waals surface area contributed by atoms with Crippen LogP contribution in [-0.4, -0.2) is 28.5 Å². The van der Waals surface area contributed by atoms with Crippen molar-refractivity contribution in [2.45, 2.75) is 0 Å². The first-order valence-electron chi connectivity index (χ1n) is 2.36. The van der Waals surface area contributed by atoms with E-state index >= 15 is 0 Å². The van der Waals surface area contributed by atoms with Crippen molar-refractivity contribution in [3.8, 4) is 0 Å². The molecule has 1 atom stereocenters. The molecule has 0 aromatic heterocycles. The van der Waals surface area contributed by atoms with E-state index in [4.69, 9.17) is 10.00 Å². The van der Waals surface area contributed by atoms with Gasteiger partial charge in [0.25, 0.3) is 0 Å². The lowest BCUT2D eigenvalue weighted by molar-refractivity contribution is 0.311. The van der Waals surface area contributed by atoms with Crippen LogP contribution in [0, 0.1) is 0 Å². The van der Waals surface area contributed by atoms with Gasteiger partial charge in [0.2, 0.25) is 0 Å². The molecule has 62 valence electrons. The molecule has 0 aliphatic carbocycles. The quantitative estimate of drug-likeness (QED) is 0.302. The minimum Gasteiger partial charge on any atom is -0.385 e. The van der Waals surface area contributed by atoms with Gasteiger partial charge in [0, 0.05) is 6.66 Å². The lowest BCUT2D eigenvalue weighted by atomic mass is 11.7. The van der Waals surface area contributed by atoms with Crippen LogP contribution in [0.4, 0.5) is 0 Å². The zero-order valence-electron chi connectivity index (χ0n) is 5.39. The standard InChI is InChI=1S/C3H9O4PS2/c1-8(5,6)7-3-10-9-2-4/h4H,2-3H2,1H3,(H,5,6). The molecule has 4 nitrogen and oxygen atoms in total. The SMILES string of the molecule is CP(=O)(O)OCSSCO. The zero-order valence-corrected chi connectivity index (χ0v) is 7.92. The van der Waals surface area contributed by atoms with Gasteiger partial charge < -0.3 is 10.00 Å². The molecule has 0 saturated heterocycles. The van der Waals surface area contributed by atoms with E-state index in [1.54, 1.807) is 0 Å². The van der Waals surface area contributed by atoms with Gasteiger partial charge in [-0.15, -0.1) is 0 Å². The molecule has 10 heavy (non-hydrogen) atoms. The molecule has 0 aromatic carbocycles. The van der Waals surface area contributed by atoms with Crippen LogP contribution in [0.25, 0.3) is 0 Å². The van der Waals surface area contributed by atoms with Gasteiger partial charge >= 0.3 is 7.60 Å². The lowest BCUT2D eigenvalue weighted by Crippen LogP contribution is -1.84. The molecule has 0 rings (SSSR count). The maximum Gasteiger partial charge on any atom is 0.325 e.